The van der Waals surface area contributed by atoms with Crippen molar-refractivity contribution in [2.24, 2.45) is 5.92 Å². The molecule has 1 saturated heterocycles. The first kappa shape index (κ1) is 13.1. The smallest absolute Gasteiger partial charge is 0.0791 e. The summed E-state index contributed by atoms with van der Waals surface area (Å²) in [5.41, 5.74) is 1.42. The Morgan fingerprint density at radius 1 is 1.22 bits per heavy atom. The average molecular weight is 245 g/mol. The minimum Gasteiger partial charge on any atom is -0.377 e. The molecular formula is C15H23N3. The lowest BCUT2D eigenvalue weighted by molar-refractivity contribution is 0.173. The molecule has 1 aromatic rings. The number of hydrogen-bond donors (Lipinski definition) is 2. The standard InChI is InChI=1S/C15H23N3/c16-13-17-9-6-14-7-10-18(11-8-14)12-15-4-2-1-3-5-15/h1-5,13-14H,6-12H2,(H2,16,17). The van der Waals surface area contributed by atoms with Crippen molar-refractivity contribution in [3.63, 3.8) is 0 Å². The van der Waals surface area contributed by atoms with Crippen LogP contribution in [0.1, 0.15) is 24.8 Å². The van der Waals surface area contributed by atoms with E-state index in [9.17, 15) is 0 Å². The van der Waals surface area contributed by atoms with E-state index in [0.717, 1.165) is 19.0 Å². The minimum atomic E-state index is 0.837. The summed E-state index contributed by atoms with van der Waals surface area (Å²) in [7, 11) is 0. The Labute approximate surface area is 110 Å². The molecule has 0 atom stereocenters. The van der Waals surface area contributed by atoms with Crippen molar-refractivity contribution in [3.05, 3.63) is 35.9 Å². The normalized spacial score (nSPS) is 17.6. The largest absolute Gasteiger partial charge is 0.377 e. The maximum atomic E-state index is 6.93. The third-order valence-corrected chi connectivity index (χ3v) is 3.76. The van der Waals surface area contributed by atoms with Crippen LogP contribution in [0.5, 0.6) is 0 Å². The van der Waals surface area contributed by atoms with E-state index in [0.29, 0.717) is 0 Å². The van der Waals surface area contributed by atoms with Gasteiger partial charge in [0.25, 0.3) is 0 Å². The highest BCUT2D eigenvalue weighted by Gasteiger charge is 2.18. The summed E-state index contributed by atoms with van der Waals surface area (Å²) in [5.74, 6) is 0.837. The van der Waals surface area contributed by atoms with Crippen molar-refractivity contribution >= 4 is 6.34 Å². The highest BCUT2D eigenvalue weighted by atomic mass is 15.1. The van der Waals surface area contributed by atoms with Gasteiger partial charge >= 0.3 is 0 Å². The molecule has 1 aromatic carbocycles. The Balaban J connectivity index is 1.68. The molecule has 0 spiro atoms. The van der Waals surface area contributed by atoms with Gasteiger partial charge in [-0.05, 0) is 43.8 Å². The van der Waals surface area contributed by atoms with Crippen LogP contribution in [0.2, 0.25) is 0 Å². The number of benzene rings is 1. The number of nitrogens with zero attached hydrogens (tertiary/aromatic N) is 1. The molecule has 0 aromatic heterocycles. The summed E-state index contributed by atoms with van der Waals surface area (Å²) in [6, 6.07) is 10.7. The van der Waals surface area contributed by atoms with Gasteiger partial charge in [0.1, 0.15) is 0 Å². The van der Waals surface area contributed by atoms with Gasteiger partial charge in [0.2, 0.25) is 0 Å². The molecule has 0 radical (unpaired) electrons. The van der Waals surface area contributed by atoms with E-state index < -0.39 is 0 Å². The first-order chi connectivity index (χ1) is 8.88. The summed E-state index contributed by atoms with van der Waals surface area (Å²) in [4.78, 5) is 2.55. The predicted octanol–water partition coefficient (Wildman–Crippen LogP) is 2.49. The number of likely N-dealkylation sites (tertiary alicyclic amines) is 1. The number of nitrogens with one attached hydrogen (secondary N) is 2. The quantitative estimate of drug-likeness (QED) is 0.459. The Morgan fingerprint density at radius 3 is 2.61 bits per heavy atom. The van der Waals surface area contributed by atoms with Crippen LogP contribution in [0.4, 0.5) is 0 Å². The summed E-state index contributed by atoms with van der Waals surface area (Å²) < 4.78 is 0. The van der Waals surface area contributed by atoms with Crippen LogP contribution in [-0.4, -0.2) is 30.9 Å². The second-order valence-corrected chi connectivity index (χ2v) is 5.09. The highest BCUT2D eigenvalue weighted by Crippen LogP contribution is 2.21. The lowest BCUT2D eigenvalue weighted by Gasteiger charge is -2.32. The van der Waals surface area contributed by atoms with Gasteiger partial charge in [-0.1, -0.05) is 30.3 Å². The lowest BCUT2D eigenvalue weighted by atomic mass is 9.93. The Hall–Kier alpha value is -1.35. The molecule has 1 aliphatic rings. The maximum Gasteiger partial charge on any atom is 0.0791 e. The van der Waals surface area contributed by atoms with Gasteiger partial charge in [0.05, 0.1) is 6.34 Å². The van der Waals surface area contributed by atoms with Crippen LogP contribution in [-0.2, 0) is 6.54 Å². The summed E-state index contributed by atoms with van der Waals surface area (Å²) in [6.45, 7) is 4.47. The minimum absolute atomic E-state index is 0.837. The van der Waals surface area contributed by atoms with E-state index in [1.165, 1.54) is 44.3 Å². The van der Waals surface area contributed by atoms with Crippen molar-refractivity contribution in [3.8, 4) is 0 Å². The fourth-order valence-electron chi connectivity index (χ4n) is 2.63. The molecule has 18 heavy (non-hydrogen) atoms. The van der Waals surface area contributed by atoms with Crippen molar-refractivity contribution < 1.29 is 0 Å². The molecule has 0 saturated carbocycles. The Kier molecular flexibility index (Phi) is 5.21. The Bertz CT molecular complexity index is 342. The molecule has 2 rings (SSSR count). The zero-order chi connectivity index (χ0) is 12.6. The van der Waals surface area contributed by atoms with Crippen LogP contribution >= 0.6 is 0 Å². The summed E-state index contributed by atoms with van der Waals surface area (Å²) in [5, 5.41) is 9.91. The predicted molar refractivity (Wildman–Crippen MR) is 75.8 cm³/mol. The van der Waals surface area contributed by atoms with Gasteiger partial charge in [-0.2, -0.15) is 0 Å². The van der Waals surface area contributed by atoms with Gasteiger partial charge in [-0.25, -0.2) is 0 Å². The molecule has 2 N–H and O–H groups in total. The lowest BCUT2D eigenvalue weighted by Crippen LogP contribution is -2.34. The average Bonchev–Trinajstić information content (AvgIpc) is 2.42. The molecule has 1 aliphatic heterocycles. The van der Waals surface area contributed by atoms with Gasteiger partial charge in [-0.3, -0.25) is 10.3 Å². The van der Waals surface area contributed by atoms with Gasteiger partial charge in [0.15, 0.2) is 0 Å². The fourth-order valence-corrected chi connectivity index (χ4v) is 2.63. The first-order valence-electron chi connectivity index (χ1n) is 6.87. The molecule has 0 amide bonds. The summed E-state index contributed by atoms with van der Waals surface area (Å²) in [6.07, 6.45) is 5.10. The van der Waals surface area contributed by atoms with E-state index in [1.807, 2.05) is 0 Å². The zero-order valence-electron chi connectivity index (χ0n) is 10.9. The van der Waals surface area contributed by atoms with E-state index in [-0.39, 0.29) is 0 Å². The number of hydrogen-bond acceptors (Lipinski definition) is 2. The monoisotopic (exact) mass is 245 g/mol. The van der Waals surface area contributed by atoms with Gasteiger partial charge in [-0.15, -0.1) is 0 Å². The zero-order valence-corrected chi connectivity index (χ0v) is 10.9. The molecule has 1 heterocycles. The third kappa shape index (κ3) is 4.15. The fraction of sp³-hybridized carbons (Fsp3) is 0.533. The van der Waals surface area contributed by atoms with Crippen LogP contribution in [0.15, 0.2) is 30.3 Å². The third-order valence-electron chi connectivity index (χ3n) is 3.76. The first-order valence-corrected chi connectivity index (χ1v) is 6.87. The number of rotatable bonds is 6. The van der Waals surface area contributed by atoms with Crippen LogP contribution in [0.25, 0.3) is 0 Å². The van der Waals surface area contributed by atoms with Crippen LogP contribution in [0, 0.1) is 11.3 Å². The van der Waals surface area contributed by atoms with Crippen molar-refractivity contribution in [1.29, 1.82) is 5.41 Å². The topological polar surface area (TPSA) is 39.1 Å². The van der Waals surface area contributed by atoms with E-state index in [2.05, 4.69) is 40.5 Å². The van der Waals surface area contributed by atoms with Crippen LogP contribution < -0.4 is 5.32 Å². The maximum absolute atomic E-state index is 6.93. The molecule has 3 nitrogen and oxygen atoms in total. The second kappa shape index (κ2) is 7.17. The molecule has 1 fully saturated rings. The molecule has 98 valence electrons. The molecule has 0 aliphatic carbocycles. The second-order valence-electron chi connectivity index (χ2n) is 5.09. The SMILES string of the molecule is N=CNCCC1CCN(Cc2ccccc2)CC1. The number of piperidine rings is 1. The van der Waals surface area contributed by atoms with Crippen molar-refractivity contribution in [2.45, 2.75) is 25.8 Å². The highest BCUT2D eigenvalue weighted by molar-refractivity contribution is 5.49. The summed E-state index contributed by atoms with van der Waals surface area (Å²) >= 11 is 0. The van der Waals surface area contributed by atoms with Crippen molar-refractivity contribution in [1.82, 2.24) is 10.2 Å². The van der Waals surface area contributed by atoms with E-state index in [1.54, 1.807) is 0 Å². The van der Waals surface area contributed by atoms with Gasteiger partial charge < -0.3 is 5.32 Å². The molecule has 0 bridgehead atoms. The van der Waals surface area contributed by atoms with E-state index in [4.69, 9.17) is 5.41 Å². The molecule has 3 heteroatoms. The van der Waals surface area contributed by atoms with Crippen molar-refractivity contribution in [2.75, 3.05) is 19.6 Å². The molecular weight excluding hydrogens is 222 g/mol. The van der Waals surface area contributed by atoms with E-state index >= 15 is 0 Å². The molecule has 0 unspecified atom stereocenters. The Morgan fingerprint density at radius 2 is 1.94 bits per heavy atom. The van der Waals surface area contributed by atoms with Gasteiger partial charge in [0, 0.05) is 13.1 Å². The van der Waals surface area contributed by atoms with Crippen LogP contribution in [0.3, 0.4) is 0 Å².